The molecular formula is C20H20F3N3O4S. The van der Waals surface area contributed by atoms with Gasteiger partial charge in [0.15, 0.2) is 5.78 Å². The summed E-state index contributed by atoms with van der Waals surface area (Å²) >= 11 is 1.17. The number of ketones is 1. The van der Waals surface area contributed by atoms with Crippen molar-refractivity contribution in [2.24, 2.45) is 0 Å². The number of amides is 2. The van der Waals surface area contributed by atoms with E-state index in [-0.39, 0.29) is 29.9 Å². The Bertz CT molecular complexity index is 951. The molecule has 1 aromatic carbocycles. The van der Waals surface area contributed by atoms with Crippen LogP contribution in [0.25, 0.3) is 0 Å². The Labute approximate surface area is 180 Å². The molecule has 0 atom stereocenters. The van der Waals surface area contributed by atoms with Crippen LogP contribution in [0.15, 0.2) is 36.4 Å². The van der Waals surface area contributed by atoms with Crippen LogP contribution in [-0.2, 0) is 4.79 Å². The predicted octanol–water partition coefficient (Wildman–Crippen LogP) is 3.25. The summed E-state index contributed by atoms with van der Waals surface area (Å²) in [5.74, 6) is -0.897. The van der Waals surface area contributed by atoms with E-state index in [1.54, 1.807) is 17.0 Å². The number of ether oxygens (including phenoxy) is 1. The molecule has 0 unspecified atom stereocenters. The van der Waals surface area contributed by atoms with Gasteiger partial charge in [0.2, 0.25) is 5.91 Å². The maximum Gasteiger partial charge on any atom is 0.573 e. The fourth-order valence-electron chi connectivity index (χ4n) is 3.05. The third kappa shape index (κ3) is 6.53. The van der Waals surface area contributed by atoms with E-state index in [4.69, 9.17) is 0 Å². The van der Waals surface area contributed by atoms with Gasteiger partial charge in [-0.15, -0.1) is 24.5 Å². The number of halogens is 3. The number of rotatable bonds is 6. The lowest BCUT2D eigenvalue weighted by molar-refractivity contribution is -0.274. The van der Waals surface area contributed by atoms with Crippen LogP contribution in [0.2, 0.25) is 0 Å². The maximum atomic E-state index is 12.6. The van der Waals surface area contributed by atoms with Gasteiger partial charge in [0.25, 0.3) is 5.91 Å². The highest BCUT2D eigenvalue weighted by Crippen LogP contribution is 2.24. The predicted molar refractivity (Wildman–Crippen MR) is 108 cm³/mol. The Hall–Kier alpha value is -2.92. The minimum absolute atomic E-state index is 0.0811. The van der Waals surface area contributed by atoms with Crippen molar-refractivity contribution in [3.05, 3.63) is 46.2 Å². The molecule has 0 aliphatic carbocycles. The van der Waals surface area contributed by atoms with Crippen LogP contribution in [0.5, 0.6) is 5.75 Å². The molecular weight excluding hydrogens is 435 g/mol. The molecule has 7 nitrogen and oxygen atoms in total. The van der Waals surface area contributed by atoms with E-state index in [2.05, 4.69) is 10.1 Å². The fourth-order valence-corrected chi connectivity index (χ4v) is 3.92. The lowest BCUT2D eigenvalue weighted by Crippen LogP contribution is -2.50. The smallest absolute Gasteiger partial charge is 0.406 e. The number of benzene rings is 1. The van der Waals surface area contributed by atoms with Crippen molar-refractivity contribution in [2.75, 3.05) is 38.0 Å². The van der Waals surface area contributed by atoms with Gasteiger partial charge in [0, 0.05) is 31.9 Å². The number of carbonyl (C=O) groups is 3. The zero-order valence-corrected chi connectivity index (χ0v) is 17.4. The van der Waals surface area contributed by atoms with Gasteiger partial charge in [-0.05, 0) is 43.3 Å². The van der Waals surface area contributed by atoms with Crippen molar-refractivity contribution in [2.45, 2.75) is 13.3 Å². The van der Waals surface area contributed by atoms with Crippen molar-refractivity contribution in [3.8, 4) is 5.75 Å². The van der Waals surface area contributed by atoms with Crippen LogP contribution < -0.4 is 10.1 Å². The minimum atomic E-state index is -4.77. The first-order valence-corrected chi connectivity index (χ1v) is 10.2. The van der Waals surface area contributed by atoms with Gasteiger partial charge < -0.3 is 15.0 Å². The summed E-state index contributed by atoms with van der Waals surface area (Å²) in [7, 11) is 0. The largest absolute Gasteiger partial charge is 0.573 e. The SMILES string of the molecule is CC(=O)c1ccc(C(=O)N2CCN(CC(=O)Nc3ccc(OC(F)(F)F)cc3)CC2)s1. The quantitative estimate of drug-likeness (QED) is 0.677. The summed E-state index contributed by atoms with van der Waals surface area (Å²) in [6.07, 6.45) is -4.77. The molecule has 1 N–H and O–H groups in total. The molecule has 1 aliphatic heterocycles. The maximum absolute atomic E-state index is 12.6. The number of Topliss-reactive ketones (excluding diaryl/α,β-unsaturated/α-hetero) is 1. The third-order valence-corrected chi connectivity index (χ3v) is 5.74. The second kappa shape index (κ2) is 9.48. The number of thiophene rings is 1. The Kier molecular flexibility index (Phi) is 6.96. The average Bonchev–Trinajstić information content (AvgIpc) is 3.19. The van der Waals surface area contributed by atoms with Gasteiger partial charge in [0.1, 0.15) is 5.75 Å². The molecule has 1 aliphatic rings. The Morgan fingerprint density at radius 2 is 1.61 bits per heavy atom. The highest BCUT2D eigenvalue weighted by Gasteiger charge is 2.31. The normalized spacial score (nSPS) is 14.9. The first-order valence-electron chi connectivity index (χ1n) is 9.39. The number of anilines is 1. The number of piperazine rings is 1. The van der Waals surface area contributed by atoms with E-state index in [0.29, 0.717) is 41.6 Å². The van der Waals surface area contributed by atoms with Crippen molar-refractivity contribution >= 4 is 34.6 Å². The number of hydrogen-bond donors (Lipinski definition) is 1. The highest BCUT2D eigenvalue weighted by atomic mass is 32.1. The highest BCUT2D eigenvalue weighted by molar-refractivity contribution is 7.15. The van der Waals surface area contributed by atoms with Crippen LogP contribution >= 0.6 is 11.3 Å². The topological polar surface area (TPSA) is 79.0 Å². The molecule has 1 fully saturated rings. The molecule has 0 bridgehead atoms. The van der Waals surface area contributed by atoms with E-state index in [1.165, 1.54) is 30.4 Å². The Balaban J connectivity index is 1.45. The van der Waals surface area contributed by atoms with Gasteiger partial charge in [-0.2, -0.15) is 0 Å². The average molecular weight is 455 g/mol. The van der Waals surface area contributed by atoms with Gasteiger partial charge in [-0.3, -0.25) is 19.3 Å². The molecule has 2 heterocycles. The van der Waals surface area contributed by atoms with Crippen molar-refractivity contribution in [1.82, 2.24) is 9.80 Å². The van der Waals surface area contributed by atoms with Crippen molar-refractivity contribution < 1.29 is 32.3 Å². The van der Waals surface area contributed by atoms with E-state index in [9.17, 15) is 27.6 Å². The molecule has 2 aromatic rings. The summed E-state index contributed by atoms with van der Waals surface area (Å²) in [5.41, 5.74) is 0.354. The van der Waals surface area contributed by atoms with Gasteiger partial charge in [-0.25, -0.2) is 0 Å². The molecule has 0 saturated carbocycles. The standard InChI is InChI=1S/C20H20F3N3O4S/c1-13(27)16-6-7-17(31-16)19(29)26-10-8-25(9-11-26)12-18(28)24-14-2-4-15(5-3-14)30-20(21,22)23/h2-7H,8-12H2,1H3,(H,24,28). The number of carbonyl (C=O) groups excluding carboxylic acids is 3. The summed E-state index contributed by atoms with van der Waals surface area (Å²) < 4.78 is 40.3. The number of nitrogens with one attached hydrogen (secondary N) is 1. The zero-order valence-electron chi connectivity index (χ0n) is 16.6. The third-order valence-electron chi connectivity index (χ3n) is 4.56. The van der Waals surface area contributed by atoms with Crippen LogP contribution in [0.4, 0.5) is 18.9 Å². The van der Waals surface area contributed by atoms with Crippen molar-refractivity contribution in [3.63, 3.8) is 0 Å². The molecule has 1 aromatic heterocycles. The van der Waals surface area contributed by atoms with E-state index in [0.717, 1.165) is 12.1 Å². The van der Waals surface area contributed by atoms with Gasteiger partial charge in [0.05, 0.1) is 16.3 Å². The monoisotopic (exact) mass is 455 g/mol. The number of hydrogen-bond acceptors (Lipinski definition) is 6. The molecule has 2 amide bonds. The molecule has 11 heteroatoms. The molecule has 1 saturated heterocycles. The van der Waals surface area contributed by atoms with Crippen molar-refractivity contribution in [1.29, 1.82) is 0 Å². The van der Waals surface area contributed by atoms with E-state index in [1.807, 2.05) is 4.90 Å². The Morgan fingerprint density at radius 1 is 1.00 bits per heavy atom. The van der Waals surface area contributed by atoms with Gasteiger partial charge >= 0.3 is 6.36 Å². The second-order valence-corrected chi connectivity index (χ2v) is 7.99. The lowest BCUT2D eigenvalue weighted by Gasteiger charge is -2.34. The lowest BCUT2D eigenvalue weighted by atomic mass is 10.2. The summed E-state index contributed by atoms with van der Waals surface area (Å²) in [4.78, 5) is 40.8. The molecule has 3 rings (SSSR count). The molecule has 166 valence electrons. The number of nitrogens with zero attached hydrogens (tertiary/aromatic N) is 2. The van der Waals surface area contributed by atoms with E-state index >= 15 is 0 Å². The van der Waals surface area contributed by atoms with Gasteiger partial charge in [-0.1, -0.05) is 0 Å². The van der Waals surface area contributed by atoms with Crippen LogP contribution in [-0.4, -0.2) is 66.5 Å². The molecule has 0 spiro atoms. The first kappa shape index (κ1) is 22.8. The summed E-state index contributed by atoms with van der Waals surface area (Å²) in [6, 6.07) is 8.18. The zero-order chi connectivity index (χ0) is 22.6. The second-order valence-electron chi connectivity index (χ2n) is 6.91. The fraction of sp³-hybridized carbons (Fsp3) is 0.350. The summed E-state index contributed by atoms with van der Waals surface area (Å²) in [6.45, 7) is 3.45. The minimum Gasteiger partial charge on any atom is -0.406 e. The Morgan fingerprint density at radius 3 is 2.16 bits per heavy atom. The van der Waals surface area contributed by atoms with Crippen LogP contribution in [0, 0.1) is 0 Å². The van der Waals surface area contributed by atoms with E-state index < -0.39 is 6.36 Å². The van der Waals surface area contributed by atoms with Crippen LogP contribution in [0.3, 0.4) is 0 Å². The summed E-state index contributed by atoms with van der Waals surface area (Å²) in [5, 5.41) is 2.62. The van der Waals surface area contributed by atoms with Crippen LogP contribution in [0.1, 0.15) is 26.3 Å². The molecule has 31 heavy (non-hydrogen) atoms. The number of alkyl halides is 3. The molecule has 0 radical (unpaired) electrons. The first-order chi connectivity index (χ1) is 14.6.